The summed E-state index contributed by atoms with van der Waals surface area (Å²) in [6, 6.07) is 8.91. The van der Waals surface area contributed by atoms with Crippen molar-refractivity contribution in [2.75, 3.05) is 5.32 Å². The molecule has 3 aromatic rings. The quantitative estimate of drug-likeness (QED) is 0.722. The summed E-state index contributed by atoms with van der Waals surface area (Å²) in [6.07, 6.45) is 2.07. The molecule has 2 heterocycles. The van der Waals surface area contributed by atoms with Crippen molar-refractivity contribution in [3.8, 4) is 11.6 Å². The van der Waals surface area contributed by atoms with Crippen LogP contribution in [0.5, 0.6) is 0 Å². The van der Waals surface area contributed by atoms with E-state index in [4.69, 9.17) is 8.94 Å². The van der Waals surface area contributed by atoms with E-state index >= 15 is 0 Å². The van der Waals surface area contributed by atoms with Crippen LogP contribution in [0.4, 0.5) is 5.69 Å². The van der Waals surface area contributed by atoms with Crippen molar-refractivity contribution in [2.45, 2.75) is 26.4 Å². The van der Waals surface area contributed by atoms with E-state index in [1.165, 1.54) is 6.26 Å². The Balaban J connectivity index is 1.58. The summed E-state index contributed by atoms with van der Waals surface area (Å²) in [7, 11) is 0. The van der Waals surface area contributed by atoms with E-state index in [0.717, 1.165) is 11.1 Å². The maximum absolute atomic E-state index is 12.1. The van der Waals surface area contributed by atoms with Crippen LogP contribution >= 0.6 is 0 Å². The summed E-state index contributed by atoms with van der Waals surface area (Å²) in [6.45, 7) is 1.82. The van der Waals surface area contributed by atoms with Crippen LogP contribution in [-0.2, 0) is 17.8 Å². The first-order chi connectivity index (χ1) is 11.7. The molecule has 0 unspecified atom stereocenters. The summed E-state index contributed by atoms with van der Waals surface area (Å²) in [4.78, 5) is 16.3. The minimum Gasteiger partial charge on any atom is -0.461 e. The molecule has 1 aromatic carbocycles. The number of nitrogens with zero attached hydrogens (tertiary/aromatic N) is 2. The average Bonchev–Trinajstić information content (AvgIpc) is 3.26. The fourth-order valence-electron chi connectivity index (χ4n) is 2.20. The zero-order chi connectivity index (χ0) is 16.9. The van der Waals surface area contributed by atoms with Gasteiger partial charge in [-0.15, -0.1) is 0 Å². The highest BCUT2D eigenvalue weighted by atomic mass is 16.5. The van der Waals surface area contributed by atoms with E-state index in [9.17, 15) is 9.90 Å². The van der Waals surface area contributed by atoms with Crippen molar-refractivity contribution in [2.24, 2.45) is 0 Å². The second-order valence-electron chi connectivity index (χ2n) is 5.34. The normalized spacial score (nSPS) is 10.8. The molecule has 0 radical (unpaired) electrons. The van der Waals surface area contributed by atoms with Crippen LogP contribution in [0.1, 0.15) is 23.4 Å². The first-order valence-corrected chi connectivity index (χ1v) is 7.52. The SMILES string of the molecule is Cc1ccc(CO)cc1NC(=O)CCc1nc(-c2ccco2)no1. The maximum Gasteiger partial charge on any atom is 0.238 e. The molecular formula is C17H17N3O4. The molecule has 2 aromatic heterocycles. The van der Waals surface area contributed by atoms with E-state index < -0.39 is 0 Å². The van der Waals surface area contributed by atoms with Crippen LogP contribution in [0.3, 0.4) is 0 Å². The van der Waals surface area contributed by atoms with Crippen LogP contribution in [0.2, 0.25) is 0 Å². The van der Waals surface area contributed by atoms with E-state index in [2.05, 4.69) is 15.5 Å². The molecule has 0 aliphatic carbocycles. The first-order valence-electron chi connectivity index (χ1n) is 7.52. The predicted molar refractivity (Wildman–Crippen MR) is 86.1 cm³/mol. The Morgan fingerprint density at radius 1 is 1.33 bits per heavy atom. The van der Waals surface area contributed by atoms with Gasteiger partial charge in [-0.2, -0.15) is 4.98 Å². The average molecular weight is 327 g/mol. The largest absolute Gasteiger partial charge is 0.461 e. The molecular weight excluding hydrogens is 310 g/mol. The minimum absolute atomic E-state index is 0.0688. The number of hydrogen-bond acceptors (Lipinski definition) is 6. The summed E-state index contributed by atoms with van der Waals surface area (Å²) in [5.41, 5.74) is 2.36. The zero-order valence-corrected chi connectivity index (χ0v) is 13.2. The van der Waals surface area contributed by atoms with Gasteiger partial charge in [0.1, 0.15) is 0 Å². The molecule has 7 nitrogen and oxygen atoms in total. The van der Waals surface area contributed by atoms with Gasteiger partial charge in [-0.25, -0.2) is 0 Å². The molecule has 0 aliphatic heterocycles. The van der Waals surface area contributed by atoms with E-state index in [1.807, 2.05) is 19.1 Å². The summed E-state index contributed by atoms with van der Waals surface area (Å²) in [5, 5.41) is 15.8. The Kier molecular flexibility index (Phi) is 4.72. The van der Waals surface area contributed by atoms with Gasteiger partial charge in [-0.3, -0.25) is 4.79 Å². The van der Waals surface area contributed by atoms with Crippen LogP contribution in [0.25, 0.3) is 11.6 Å². The molecule has 0 saturated heterocycles. The van der Waals surface area contributed by atoms with E-state index in [-0.39, 0.29) is 18.9 Å². The first kappa shape index (κ1) is 15.9. The molecule has 0 spiro atoms. The Hall–Kier alpha value is -2.93. The number of aromatic nitrogens is 2. The predicted octanol–water partition coefficient (Wildman–Crippen LogP) is 2.70. The fourth-order valence-corrected chi connectivity index (χ4v) is 2.20. The Morgan fingerprint density at radius 2 is 2.21 bits per heavy atom. The number of amides is 1. The second-order valence-corrected chi connectivity index (χ2v) is 5.34. The highest BCUT2D eigenvalue weighted by Gasteiger charge is 2.13. The molecule has 2 N–H and O–H groups in total. The fraction of sp³-hybridized carbons (Fsp3) is 0.235. The lowest BCUT2D eigenvalue weighted by Gasteiger charge is -2.09. The standard InChI is InChI=1S/C17H17N3O4/c1-11-4-5-12(10-21)9-13(11)18-15(22)6-7-16-19-17(20-24-16)14-3-2-8-23-14/h2-5,8-9,21H,6-7,10H2,1H3,(H,18,22). The number of furan rings is 1. The molecule has 0 atom stereocenters. The Morgan fingerprint density at radius 3 is 2.96 bits per heavy atom. The Labute approximate surface area is 138 Å². The molecule has 1 amide bonds. The van der Waals surface area contributed by atoms with Crippen molar-refractivity contribution in [1.29, 1.82) is 0 Å². The highest BCUT2D eigenvalue weighted by molar-refractivity contribution is 5.91. The molecule has 7 heteroatoms. The number of rotatable bonds is 6. The number of carbonyl (C=O) groups is 1. The van der Waals surface area contributed by atoms with Crippen molar-refractivity contribution in [3.05, 3.63) is 53.6 Å². The van der Waals surface area contributed by atoms with Gasteiger partial charge in [0.05, 0.1) is 12.9 Å². The summed E-state index contributed by atoms with van der Waals surface area (Å²) in [5.74, 6) is 1.09. The second kappa shape index (κ2) is 7.10. The third-order valence-corrected chi connectivity index (χ3v) is 3.53. The summed E-state index contributed by atoms with van der Waals surface area (Å²) < 4.78 is 10.3. The van der Waals surface area contributed by atoms with Gasteiger partial charge in [-0.05, 0) is 36.2 Å². The third kappa shape index (κ3) is 3.69. The number of aliphatic hydroxyl groups excluding tert-OH is 1. The molecule has 24 heavy (non-hydrogen) atoms. The van der Waals surface area contributed by atoms with Gasteiger partial charge in [0.2, 0.25) is 17.6 Å². The smallest absolute Gasteiger partial charge is 0.238 e. The Bertz CT molecular complexity index is 824. The van der Waals surface area contributed by atoms with Crippen LogP contribution < -0.4 is 5.32 Å². The van der Waals surface area contributed by atoms with E-state index in [1.54, 1.807) is 18.2 Å². The molecule has 0 saturated carbocycles. The maximum atomic E-state index is 12.1. The van der Waals surface area contributed by atoms with E-state index in [0.29, 0.717) is 29.6 Å². The lowest BCUT2D eigenvalue weighted by Crippen LogP contribution is -2.13. The molecule has 124 valence electrons. The van der Waals surface area contributed by atoms with Gasteiger partial charge in [-0.1, -0.05) is 17.3 Å². The zero-order valence-electron chi connectivity index (χ0n) is 13.2. The molecule has 3 rings (SSSR count). The highest BCUT2D eigenvalue weighted by Crippen LogP contribution is 2.18. The molecule has 0 fully saturated rings. The monoisotopic (exact) mass is 327 g/mol. The number of anilines is 1. The van der Waals surface area contributed by atoms with Gasteiger partial charge in [0.15, 0.2) is 5.76 Å². The van der Waals surface area contributed by atoms with Crippen molar-refractivity contribution >= 4 is 11.6 Å². The van der Waals surface area contributed by atoms with Crippen molar-refractivity contribution < 1.29 is 18.8 Å². The van der Waals surface area contributed by atoms with Gasteiger partial charge in [0, 0.05) is 18.5 Å². The molecule has 0 bridgehead atoms. The van der Waals surface area contributed by atoms with Crippen molar-refractivity contribution in [3.63, 3.8) is 0 Å². The lowest BCUT2D eigenvalue weighted by atomic mass is 10.1. The van der Waals surface area contributed by atoms with Gasteiger partial charge in [0.25, 0.3) is 0 Å². The van der Waals surface area contributed by atoms with Crippen LogP contribution in [0.15, 0.2) is 45.5 Å². The van der Waals surface area contributed by atoms with Gasteiger partial charge >= 0.3 is 0 Å². The third-order valence-electron chi connectivity index (χ3n) is 3.53. The number of aryl methyl sites for hydroxylation is 2. The number of aliphatic hydroxyl groups is 1. The van der Waals surface area contributed by atoms with Crippen LogP contribution in [0, 0.1) is 6.92 Å². The number of carbonyl (C=O) groups excluding carboxylic acids is 1. The van der Waals surface area contributed by atoms with Gasteiger partial charge < -0.3 is 19.4 Å². The molecule has 0 aliphatic rings. The van der Waals surface area contributed by atoms with Crippen LogP contribution in [-0.4, -0.2) is 21.2 Å². The number of hydrogen-bond donors (Lipinski definition) is 2. The number of nitrogens with one attached hydrogen (secondary N) is 1. The lowest BCUT2D eigenvalue weighted by molar-refractivity contribution is -0.116. The minimum atomic E-state index is -0.161. The summed E-state index contributed by atoms with van der Waals surface area (Å²) >= 11 is 0. The topological polar surface area (TPSA) is 101 Å². The van der Waals surface area contributed by atoms with Crippen molar-refractivity contribution in [1.82, 2.24) is 10.1 Å². The number of benzene rings is 1.